The fourth-order valence-corrected chi connectivity index (χ4v) is 6.83. The van der Waals surface area contributed by atoms with Crippen LogP contribution in [0.5, 0.6) is 11.5 Å². The molecule has 1 aliphatic carbocycles. The number of benzene rings is 3. The molecule has 1 fully saturated rings. The quantitative estimate of drug-likeness (QED) is 0.205. The summed E-state index contributed by atoms with van der Waals surface area (Å²) in [6, 6.07) is 18.1. The summed E-state index contributed by atoms with van der Waals surface area (Å²) in [5, 5.41) is 40.8. The number of nitrogens with zero attached hydrogens (tertiary/aromatic N) is 2. The van der Waals surface area contributed by atoms with Gasteiger partial charge in [0.15, 0.2) is 0 Å². The first-order chi connectivity index (χ1) is 25.8. The predicted molar refractivity (Wildman–Crippen MR) is 229 cm³/mol. The molecule has 1 N–H and O–H groups in total. The van der Waals surface area contributed by atoms with Crippen LogP contribution in [0.2, 0.25) is 0 Å². The van der Waals surface area contributed by atoms with Gasteiger partial charge in [-0.2, -0.15) is 0 Å². The Kier molecular flexibility index (Phi) is 17.9. The van der Waals surface area contributed by atoms with Gasteiger partial charge in [0.05, 0.1) is 12.1 Å². The van der Waals surface area contributed by atoms with Crippen molar-refractivity contribution in [2.75, 3.05) is 0 Å². The molecular formula is C49H70CoN3O4. The third-order valence-corrected chi connectivity index (χ3v) is 10.7. The molecule has 0 aromatic heterocycles. The Bertz CT molecular complexity index is 1710. The van der Waals surface area contributed by atoms with Crippen molar-refractivity contribution in [3.8, 4) is 11.5 Å². The largest absolute Gasteiger partial charge is 3.00 e. The van der Waals surface area contributed by atoms with E-state index in [1.54, 1.807) is 12.4 Å². The number of carboxylic acid groups (broad SMARTS) is 1. The summed E-state index contributed by atoms with van der Waals surface area (Å²) >= 11 is 0. The van der Waals surface area contributed by atoms with Crippen LogP contribution < -0.4 is 20.6 Å². The van der Waals surface area contributed by atoms with Crippen LogP contribution in [0.4, 0.5) is 0 Å². The molecule has 1 saturated carbocycles. The normalized spacial score (nSPS) is 17.3. The van der Waals surface area contributed by atoms with Crippen molar-refractivity contribution in [2.45, 2.75) is 175 Å². The molecule has 3 aromatic rings. The maximum absolute atomic E-state index is 13.5. The van der Waals surface area contributed by atoms with Crippen LogP contribution in [0.15, 0.2) is 64.6 Å². The van der Waals surface area contributed by atoms with E-state index in [2.05, 4.69) is 101 Å². The fraction of sp³-hybridized carbons (Fsp3) is 0.571. The summed E-state index contributed by atoms with van der Waals surface area (Å²) < 4.78 is 0. The monoisotopic (exact) mass is 823 g/mol. The summed E-state index contributed by atoms with van der Waals surface area (Å²) in [5.74, 6) is -0.601. The Morgan fingerprint density at radius 3 is 1.44 bits per heavy atom. The smallest absolute Gasteiger partial charge is 0.872 e. The van der Waals surface area contributed by atoms with E-state index >= 15 is 0 Å². The van der Waals surface area contributed by atoms with Crippen LogP contribution in [0.3, 0.4) is 0 Å². The van der Waals surface area contributed by atoms with Crippen LogP contribution in [0, 0.1) is 5.92 Å². The molecule has 314 valence electrons. The predicted octanol–water partition coefficient (Wildman–Crippen LogP) is 8.81. The van der Waals surface area contributed by atoms with Gasteiger partial charge in [0.25, 0.3) is 0 Å². The summed E-state index contributed by atoms with van der Waals surface area (Å²) in [4.78, 5) is 20.5. The number of aliphatic carboxylic acids is 1. The van der Waals surface area contributed by atoms with E-state index in [1.165, 1.54) is 0 Å². The molecule has 1 aliphatic rings. The van der Waals surface area contributed by atoms with Gasteiger partial charge in [-0.05, 0) is 79.4 Å². The Hall–Kier alpha value is -3.46. The molecule has 3 aromatic carbocycles. The van der Waals surface area contributed by atoms with E-state index < -0.39 is 5.97 Å². The molecule has 0 saturated heterocycles. The van der Waals surface area contributed by atoms with Gasteiger partial charge < -0.3 is 25.4 Å². The number of hydrogen-bond donors (Lipinski definition) is 1. The topological polar surface area (TPSA) is 123 Å². The third kappa shape index (κ3) is 15.0. The molecule has 0 spiro atoms. The van der Waals surface area contributed by atoms with Crippen LogP contribution in [-0.4, -0.2) is 36.5 Å². The number of nitrogens with one attached hydrogen (secondary N) is 1. The van der Waals surface area contributed by atoms with Gasteiger partial charge in [-0.15, -0.1) is 0 Å². The van der Waals surface area contributed by atoms with E-state index in [-0.39, 0.29) is 80.4 Å². The molecule has 4 rings (SSSR count). The Morgan fingerprint density at radius 2 is 1.11 bits per heavy atom. The Labute approximate surface area is 355 Å². The van der Waals surface area contributed by atoms with Crippen LogP contribution in [-0.2, 0) is 49.8 Å². The van der Waals surface area contributed by atoms with Crippen molar-refractivity contribution >= 4 is 18.4 Å². The van der Waals surface area contributed by atoms with Gasteiger partial charge >= 0.3 is 16.8 Å². The number of carboxylic acids is 1. The van der Waals surface area contributed by atoms with Crippen molar-refractivity contribution in [1.82, 2.24) is 5.32 Å². The molecule has 3 atom stereocenters. The second-order valence-electron chi connectivity index (χ2n) is 20.2. The minimum atomic E-state index is -1.00. The van der Waals surface area contributed by atoms with Crippen molar-refractivity contribution < 1.29 is 36.9 Å². The van der Waals surface area contributed by atoms with Crippen LogP contribution in [0.1, 0.15) is 168 Å². The first kappa shape index (κ1) is 49.7. The maximum Gasteiger partial charge on any atom is 3.00 e. The third-order valence-electron chi connectivity index (χ3n) is 10.7. The van der Waals surface area contributed by atoms with Crippen molar-refractivity contribution in [1.29, 1.82) is 0 Å². The molecule has 0 bridgehead atoms. The van der Waals surface area contributed by atoms with E-state index in [0.717, 1.165) is 53.5 Å². The molecule has 0 heterocycles. The van der Waals surface area contributed by atoms with E-state index in [0.29, 0.717) is 17.7 Å². The number of carbonyl (C=O) groups is 1. The molecule has 0 unspecified atom stereocenters. The van der Waals surface area contributed by atoms with Crippen LogP contribution >= 0.6 is 0 Å². The minimum absolute atomic E-state index is 0. The zero-order valence-corrected chi connectivity index (χ0v) is 38.3. The molecular weight excluding hydrogens is 753 g/mol. The van der Waals surface area contributed by atoms with E-state index in [4.69, 9.17) is 9.98 Å². The van der Waals surface area contributed by atoms with Gasteiger partial charge in [0.1, 0.15) is 0 Å². The second-order valence-corrected chi connectivity index (χ2v) is 20.2. The van der Waals surface area contributed by atoms with Gasteiger partial charge in [0.2, 0.25) is 0 Å². The zero-order chi connectivity index (χ0) is 42.2. The van der Waals surface area contributed by atoms with Gasteiger partial charge in [-0.25, -0.2) is 0 Å². The summed E-state index contributed by atoms with van der Waals surface area (Å²) in [6.45, 7) is 30.3. The fourth-order valence-electron chi connectivity index (χ4n) is 6.83. The Morgan fingerprint density at radius 1 is 0.702 bits per heavy atom. The number of carbonyl (C=O) groups excluding carboxylic acids is 1. The minimum Gasteiger partial charge on any atom is -0.872 e. The van der Waals surface area contributed by atoms with E-state index in [1.807, 2.05) is 56.3 Å². The van der Waals surface area contributed by atoms with Gasteiger partial charge in [0, 0.05) is 37.4 Å². The zero-order valence-electron chi connectivity index (χ0n) is 37.3. The second kappa shape index (κ2) is 20.5. The summed E-state index contributed by atoms with van der Waals surface area (Å²) in [6.07, 6.45) is 7.69. The number of rotatable bonds is 10. The molecule has 7 nitrogen and oxygen atoms in total. The standard InChI is InChI=1S/C36H54N2O2.C13H19NO2.Co/c1-33(2,3)25-17-23(31(39)27(19-25)35(7,8)9)21-37-29-15-13-14-16-30(29)38-22-24-18-26(34(4,5)6)20-28(32(24)40)36(10,11)12;1-10(2)12(8-13(15)16)14-9-11-6-4-3-5-7-11;/h17-22,29-30,39-40H,13-16H2,1-12H3;3-7,10,12,14H,8-9H2,1-2H3,(H,15,16);/q;;+3/p-3/t29-,30-;12-;/m00./s1. The molecule has 8 heteroatoms. The van der Waals surface area contributed by atoms with Crippen molar-refractivity contribution in [3.05, 3.63) is 93.5 Å². The first-order valence-electron chi connectivity index (χ1n) is 20.5. The average Bonchev–Trinajstić information content (AvgIpc) is 3.08. The molecule has 57 heavy (non-hydrogen) atoms. The summed E-state index contributed by atoms with van der Waals surface area (Å²) in [5.41, 5.74) is 5.78. The van der Waals surface area contributed by atoms with Gasteiger partial charge in [-0.3, -0.25) is 9.98 Å². The van der Waals surface area contributed by atoms with Crippen molar-refractivity contribution in [2.24, 2.45) is 15.9 Å². The van der Waals surface area contributed by atoms with Crippen molar-refractivity contribution in [3.63, 3.8) is 0 Å². The first-order valence-corrected chi connectivity index (χ1v) is 20.5. The average molecular weight is 824 g/mol. The molecule has 0 radical (unpaired) electrons. The summed E-state index contributed by atoms with van der Waals surface area (Å²) in [7, 11) is 0. The molecule has 0 amide bonds. The number of aliphatic imine (C=N–C) groups is 2. The SMILES string of the molecule is CC(C)(C)c1cc(C=N[C@H]2CCCC[C@@H]2N=Cc2cc(C(C)(C)C)cc(C(C)(C)C)c2[O-])c([O-])c(C(C)(C)C)c1.CC(C)[C@H](CC(=O)[O-])NCc1ccccc1.[Co+3]. The van der Waals surface area contributed by atoms with Gasteiger partial charge in [-0.1, -0.05) is 176 Å². The maximum atomic E-state index is 13.5. The molecule has 0 aliphatic heterocycles. The Balaban J connectivity index is 0.000000553. The van der Waals surface area contributed by atoms with Crippen LogP contribution in [0.25, 0.3) is 0 Å². The number of hydrogen-bond acceptors (Lipinski definition) is 7. The van der Waals surface area contributed by atoms with E-state index in [9.17, 15) is 20.1 Å².